The molecule has 0 radical (unpaired) electrons. The summed E-state index contributed by atoms with van der Waals surface area (Å²) in [5.74, 6) is 0.331. The number of sulfonamides is 1. The Morgan fingerprint density at radius 1 is 0.745 bits per heavy atom. The second kappa shape index (κ2) is 32.1. The van der Waals surface area contributed by atoms with Gasteiger partial charge in [-0.15, -0.1) is 24.0 Å². The van der Waals surface area contributed by atoms with E-state index in [1.165, 1.54) is 11.2 Å². The molecule has 329 valence electrons. The molecule has 3 amide bonds. The van der Waals surface area contributed by atoms with Gasteiger partial charge in [0.1, 0.15) is 5.60 Å². The van der Waals surface area contributed by atoms with Crippen LogP contribution in [0.1, 0.15) is 113 Å². The van der Waals surface area contributed by atoms with Crippen LogP contribution < -0.4 is 13.3 Å². The van der Waals surface area contributed by atoms with E-state index in [1.807, 2.05) is 30.6 Å². The standard InChI is InChI=1S/C17H30N2O3.C14H26N2O3S.C2H5ClO2S.I3.3HI.V/c1-5-14-9-7-11-19(14)15(20)13-8-6-10-18(12-13)16(21)22-17(2,3)4;1-3-13-8-6-10-16(13)14(17)12-7-5-9-15(11-12)20(18,19)4-2;1-2-6(3,4)5;1-3-2;;;;/h13-14H,5-12H2,1-4H3;12-13H,3-11H2,1-2H3;2H2,1H3;;3*1H;/q;;;-1;;;;+2/p-2. The first-order valence-electron chi connectivity index (χ1n) is 18.5. The first-order valence-corrected chi connectivity index (χ1v) is 44.2. The second-order valence-electron chi connectivity index (χ2n) is 14.3. The number of hydrogen-bond acceptors (Lipinski definition) is 8. The van der Waals surface area contributed by atoms with E-state index in [0.29, 0.717) is 61.0 Å². The zero-order chi connectivity index (χ0) is 41.7. The molecule has 22 heteroatoms. The molecule has 4 aliphatic heterocycles. The van der Waals surface area contributed by atoms with E-state index in [9.17, 15) is 31.2 Å². The quantitative estimate of drug-likeness (QED) is 0.216. The Balaban J connectivity index is 0. The van der Waals surface area contributed by atoms with Crippen molar-refractivity contribution in [3.63, 3.8) is 0 Å². The molecule has 4 aliphatic rings. The van der Waals surface area contributed by atoms with Gasteiger partial charge in [0.2, 0.25) is 30.9 Å². The number of carbonyl (C=O) groups is 3. The number of ether oxygens (including phenoxy) is 1. The Bertz CT molecular complexity index is 1340. The number of halogens is 7. The molecule has 0 aromatic rings. The van der Waals surface area contributed by atoms with Crippen LogP contribution in [-0.2, 0) is 42.9 Å². The predicted octanol–water partition coefficient (Wildman–Crippen LogP) is 6.22. The molecule has 4 fully saturated rings. The number of amides is 3. The van der Waals surface area contributed by atoms with Crippen molar-refractivity contribution in [3.8, 4) is 0 Å². The monoisotopic (exact) mass is 1550 g/mol. The molecule has 0 aromatic heterocycles. The van der Waals surface area contributed by atoms with Gasteiger partial charge in [-0.1, -0.05) is 20.8 Å². The van der Waals surface area contributed by atoms with Gasteiger partial charge >= 0.3 is 106 Å². The molecular formula is C33H62ClI6N4O8S2V-. The van der Waals surface area contributed by atoms with Crippen LogP contribution >= 0.6 is 112 Å². The Labute approximate surface area is 413 Å². The first kappa shape index (κ1) is 60.4. The summed E-state index contributed by atoms with van der Waals surface area (Å²) in [6.45, 7) is 16.9. The van der Waals surface area contributed by atoms with Gasteiger partial charge in [-0.05, 0) is 91.9 Å². The van der Waals surface area contributed by atoms with Crippen LogP contribution in [-0.4, -0.2) is 122 Å². The number of likely N-dealkylation sites (tertiary alicyclic amines) is 3. The summed E-state index contributed by atoms with van der Waals surface area (Å²) in [5.41, 5.74) is -0.490. The third-order valence-corrected chi connectivity index (χ3v) is 12.7. The van der Waals surface area contributed by atoms with Crippen LogP contribution in [0.2, 0.25) is 0 Å². The van der Waals surface area contributed by atoms with Crippen LogP contribution in [0.4, 0.5) is 4.79 Å². The third-order valence-electron chi connectivity index (χ3n) is 9.52. The molecule has 0 bridgehead atoms. The Hall–Kier alpha value is 3.32. The van der Waals surface area contributed by atoms with E-state index in [-0.39, 0.29) is 65.2 Å². The fraction of sp³-hybridized carbons (Fsp3) is 0.909. The molecule has 4 rings (SSSR count). The average Bonchev–Trinajstić information content (AvgIpc) is 3.81. The van der Waals surface area contributed by atoms with E-state index >= 15 is 0 Å². The summed E-state index contributed by atoms with van der Waals surface area (Å²) in [5, 5.41) is 0. The summed E-state index contributed by atoms with van der Waals surface area (Å²) in [6, 6.07) is 0.755. The van der Waals surface area contributed by atoms with Crippen LogP contribution in [0.3, 0.4) is 0 Å². The van der Waals surface area contributed by atoms with Gasteiger partial charge in [-0.3, -0.25) is 9.59 Å². The van der Waals surface area contributed by atoms with E-state index in [0.717, 1.165) is 77.3 Å². The SMILES string of the molecule is CCC1CCCN1C(=O)C1CCCN(C(=O)OC(C)(C)C)C1.CCC1CCCN1C(=O)C1CCCN(S(=O)(=O)CC)C1.CCS(=O)(=O)Cl.I.I[I-]I.[I][V][I]. The van der Waals surface area contributed by atoms with E-state index in [4.69, 9.17) is 4.74 Å². The predicted molar refractivity (Wildman–Crippen MR) is 261 cm³/mol. The Morgan fingerprint density at radius 3 is 1.49 bits per heavy atom. The van der Waals surface area contributed by atoms with Gasteiger partial charge < -0.3 is 19.4 Å². The number of carbonyl (C=O) groups excluding carboxylic acids is 3. The molecule has 0 saturated carbocycles. The average molecular weight is 1550 g/mol. The summed E-state index contributed by atoms with van der Waals surface area (Å²) in [6.07, 6.45) is 9.48. The zero-order valence-electron chi connectivity index (χ0n) is 33.0. The zero-order valence-corrected chi connectivity index (χ0v) is 49.9. The first-order chi connectivity index (χ1) is 25.2. The van der Waals surface area contributed by atoms with Crippen LogP contribution in [0.5, 0.6) is 0 Å². The number of rotatable bonds is 7. The van der Waals surface area contributed by atoms with Crippen molar-refractivity contribution < 1.29 is 58.7 Å². The molecule has 4 atom stereocenters. The molecule has 0 aliphatic carbocycles. The molecule has 4 unspecified atom stereocenters. The minimum atomic E-state index is -3.19. The molecule has 12 nitrogen and oxygen atoms in total. The number of hydrogen-bond donors (Lipinski definition) is 0. The van der Waals surface area contributed by atoms with Crippen molar-refractivity contribution in [3.05, 3.63) is 0 Å². The Kier molecular flexibility index (Phi) is 35.2. The number of nitrogens with zero attached hydrogens (tertiary/aromatic N) is 4. The summed E-state index contributed by atoms with van der Waals surface area (Å²) < 4.78 is 50.4. The second-order valence-corrected chi connectivity index (χ2v) is 47.6. The molecule has 55 heavy (non-hydrogen) atoms. The van der Waals surface area contributed by atoms with Gasteiger partial charge in [0.25, 0.3) is 0 Å². The molecule has 0 N–H and O–H groups in total. The maximum atomic E-state index is 12.8. The van der Waals surface area contributed by atoms with Crippen molar-refractivity contribution in [2.75, 3.05) is 50.8 Å². The molecular weight excluding hydrogens is 1490 g/mol. The molecule has 4 saturated heterocycles. The summed E-state index contributed by atoms with van der Waals surface area (Å²) >= 11 is 10.0. The number of piperidine rings is 2. The maximum absolute atomic E-state index is 12.8. The van der Waals surface area contributed by atoms with Crippen molar-refractivity contribution in [2.24, 2.45) is 11.8 Å². The van der Waals surface area contributed by atoms with Gasteiger partial charge in [-0.25, -0.2) is 25.9 Å². The van der Waals surface area contributed by atoms with Crippen molar-refractivity contribution >= 4 is 149 Å². The minimum absolute atomic E-state index is 0. The normalized spacial score (nSPS) is 22.9. The fourth-order valence-electron chi connectivity index (χ4n) is 6.82. The van der Waals surface area contributed by atoms with E-state index < -0.39 is 24.7 Å². The summed E-state index contributed by atoms with van der Waals surface area (Å²) in [7, 11) is -1.04. The van der Waals surface area contributed by atoms with Crippen molar-refractivity contribution in [2.45, 2.75) is 130 Å². The van der Waals surface area contributed by atoms with Gasteiger partial charge in [-0.2, -0.15) is 0 Å². The van der Waals surface area contributed by atoms with Crippen molar-refractivity contribution in [1.29, 1.82) is 0 Å². The van der Waals surface area contributed by atoms with Crippen LogP contribution in [0.25, 0.3) is 0 Å². The third kappa shape index (κ3) is 24.7. The summed E-state index contributed by atoms with van der Waals surface area (Å²) in [4.78, 5) is 43.3. The van der Waals surface area contributed by atoms with E-state index in [1.54, 1.807) is 11.8 Å². The molecule has 0 aromatic carbocycles. The van der Waals surface area contributed by atoms with E-state index in [2.05, 4.69) is 102 Å². The molecule has 0 spiro atoms. The fourth-order valence-corrected chi connectivity index (χ4v) is 8.00. The van der Waals surface area contributed by atoms with Crippen LogP contribution in [0, 0.1) is 11.8 Å². The van der Waals surface area contributed by atoms with Crippen molar-refractivity contribution in [1.82, 2.24) is 19.0 Å². The van der Waals surface area contributed by atoms with Crippen LogP contribution in [0.15, 0.2) is 0 Å². The molecule has 4 heterocycles. The Morgan fingerprint density at radius 2 is 1.13 bits per heavy atom. The van der Waals surface area contributed by atoms with Gasteiger partial charge in [0.05, 0.1) is 23.3 Å². The topological polar surface area (TPSA) is 142 Å². The van der Waals surface area contributed by atoms with Gasteiger partial charge in [0.15, 0.2) is 0 Å². The van der Waals surface area contributed by atoms with Gasteiger partial charge in [0, 0.05) is 62.0 Å².